The van der Waals surface area contributed by atoms with Gasteiger partial charge in [-0.3, -0.25) is 14.7 Å². The van der Waals surface area contributed by atoms with Gasteiger partial charge in [-0.2, -0.15) is 0 Å². The summed E-state index contributed by atoms with van der Waals surface area (Å²) in [6.45, 7) is 1.64. The standard InChI is InChI=1S/C14H14F3N3O3/c1-7-12(13(22)20-19-7)10(6-11(18)21)8-2-4-9(5-3-8)23-14(15,16)17/h2-5,10H,6H2,1H3,(H2,18,21)(H2,19,20,22). The number of aromatic amines is 2. The molecule has 1 aromatic heterocycles. The molecule has 0 bridgehead atoms. The molecule has 0 fully saturated rings. The van der Waals surface area contributed by atoms with Crippen molar-refractivity contribution in [2.45, 2.75) is 25.6 Å². The van der Waals surface area contributed by atoms with Crippen LogP contribution in [0.15, 0.2) is 29.1 Å². The number of hydrogen-bond acceptors (Lipinski definition) is 3. The van der Waals surface area contributed by atoms with Gasteiger partial charge in [0.25, 0.3) is 5.56 Å². The third kappa shape index (κ3) is 4.15. The lowest BCUT2D eigenvalue weighted by Gasteiger charge is -2.16. The lowest BCUT2D eigenvalue weighted by atomic mass is 9.88. The Morgan fingerprint density at radius 3 is 2.30 bits per heavy atom. The first-order valence-electron chi connectivity index (χ1n) is 6.58. The van der Waals surface area contributed by atoms with E-state index >= 15 is 0 Å². The highest BCUT2D eigenvalue weighted by Gasteiger charge is 2.31. The summed E-state index contributed by atoms with van der Waals surface area (Å²) in [7, 11) is 0. The molecule has 1 amide bonds. The van der Waals surface area contributed by atoms with Gasteiger partial charge in [-0.05, 0) is 24.6 Å². The molecular formula is C14H14F3N3O3. The number of aromatic nitrogens is 2. The van der Waals surface area contributed by atoms with Crippen molar-refractivity contribution in [2.75, 3.05) is 0 Å². The van der Waals surface area contributed by atoms with Crippen molar-refractivity contribution in [3.63, 3.8) is 0 Å². The van der Waals surface area contributed by atoms with Gasteiger partial charge in [0.1, 0.15) is 5.75 Å². The Kier molecular flexibility index (Phi) is 4.48. The van der Waals surface area contributed by atoms with Gasteiger partial charge in [-0.1, -0.05) is 12.1 Å². The molecular weight excluding hydrogens is 315 g/mol. The number of amides is 1. The van der Waals surface area contributed by atoms with E-state index in [1.807, 2.05) is 0 Å². The molecule has 6 nitrogen and oxygen atoms in total. The van der Waals surface area contributed by atoms with Gasteiger partial charge in [-0.15, -0.1) is 13.2 Å². The number of hydrogen-bond donors (Lipinski definition) is 3. The van der Waals surface area contributed by atoms with Crippen LogP contribution >= 0.6 is 0 Å². The minimum absolute atomic E-state index is 0.152. The first-order valence-corrected chi connectivity index (χ1v) is 6.58. The molecule has 23 heavy (non-hydrogen) atoms. The van der Waals surface area contributed by atoms with Crippen molar-refractivity contribution in [1.82, 2.24) is 10.2 Å². The van der Waals surface area contributed by atoms with Gasteiger partial charge in [0, 0.05) is 23.6 Å². The van der Waals surface area contributed by atoms with Crippen LogP contribution in [-0.2, 0) is 4.79 Å². The van der Waals surface area contributed by atoms with E-state index in [1.54, 1.807) is 6.92 Å². The average Bonchev–Trinajstić information content (AvgIpc) is 2.75. The van der Waals surface area contributed by atoms with Crippen molar-refractivity contribution in [2.24, 2.45) is 5.73 Å². The van der Waals surface area contributed by atoms with E-state index in [1.165, 1.54) is 12.1 Å². The van der Waals surface area contributed by atoms with Gasteiger partial charge >= 0.3 is 6.36 Å². The molecule has 1 heterocycles. The summed E-state index contributed by atoms with van der Waals surface area (Å²) in [6.07, 6.45) is -4.94. The Morgan fingerprint density at radius 1 is 1.26 bits per heavy atom. The van der Waals surface area contributed by atoms with Gasteiger partial charge in [0.2, 0.25) is 5.91 Å². The van der Waals surface area contributed by atoms with E-state index in [0.717, 1.165) is 12.1 Å². The van der Waals surface area contributed by atoms with Crippen LogP contribution in [0, 0.1) is 6.92 Å². The molecule has 0 aliphatic carbocycles. The van der Waals surface area contributed by atoms with E-state index in [4.69, 9.17) is 5.73 Å². The van der Waals surface area contributed by atoms with E-state index in [9.17, 15) is 22.8 Å². The molecule has 0 radical (unpaired) electrons. The summed E-state index contributed by atoms with van der Waals surface area (Å²) in [6, 6.07) is 4.96. The van der Waals surface area contributed by atoms with Crippen LogP contribution in [0.2, 0.25) is 0 Å². The monoisotopic (exact) mass is 329 g/mol. The zero-order valence-corrected chi connectivity index (χ0v) is 12.0. The zero-order chi connectivity index (χ0) is 17.2. The summed E-state index contributed by atoms with van der Waals surface area (Å²) in [5, 5.41) is 5.04. The summed E-state index contributed by atoms with van der Waals surface area (Å²) in [5.74, 6) is -1.69. The van der Waals surface area contributed by atoms with Crippen LogP contribution in [0.4, 0.5) is 13.2 Å². The Bertz CT molecular complexity index is 747. The molecule has 1 atom stereocenters. The number of carbonyl (C=O) groups is 1. The molecule has 124 valence electrons. The van der Waals surface area contributed by atoms with E-state index in [-0.39, 0.29) is 6.42 Å². The van der Waals surface area contributed by atoms with E-state index in [0.29, 0.717) is 16.8 Å². The van der Waals surface area contributed by atoms with Crippen molar-refractivity contribution < 1.29 is 22.7 Å². The molecule has 0 saturated carbocycles. The van der Waals surface area contributed by atoms with E-state index < -0.39 is 29.5 Å². The van der Waals surface area contributed by atoms with E-state index in [2.05, 4.69) is 14.9 Å². The van der Waals surface area contributed by atoms with Crippen LogP contribution in [0.25, 0.3) is 0 Å². The van der Waals surface area contributed by atoms with Crippen molar-refractivity contribution in [3.8, 4) is 5.75 Å². The summed E-state index contributed by atoms with van der Waals surface area (Å²) in [4.78, 5) is 23.2. The van der Waals surface area contributed by atoms with Crippen LogP contribution in [0.3, 0.4) is 0 Å². The number of nitrogens with two attached hydrogens (primary N) is 1. The highest BCUT2D eigenvalue weighted by Crippen LogP contribution is 2.30. The Balaban J connectivity index is 2.37. The molecule has 1 aromatic carbocycles. The summed E-state index contributed by atoms with van der Waals surface area (Å²) in [5.41, 5.74) is 6.12. The maximum absolute atomic E-state index is 12.2. The largest absolute Gasteiger partial charge is 0.573 e. The molecule has 2 rings (SSSR count). The number of alkyl halides is 3. The molecule has 1 unspecified atom stereocenters. The normalized spacial score (nSPS) is 12.9. The van der Waals surface area contributed by atoms with Gasteiger partial charge in [0.05, 0.1) is 0 Å². The molecule has 0 saturated heterocycles. The topological polar surface area (TPSA) is 101 Å². The zero-order valence-electron chi connectivity index (χ0n) is 12.0. The Morgan fingerprint density at radius 2 is 1.87 bits per heavy atom. The molecule has 0 spiro atoms. The van der Waals surface area contributed by atoms with Gasteiger partial charge < -0.3 is 15.6 Å². The van der Waals surface area contributed by atoms with Crippen LogP contribution in [-0.4, -0.2) is 22.5 Å². The Labute approximate surface area is 128 Å². The molecule has 9 heteroatoms. The number of aryl methyl sites for hydroxylation is 1. The quantitative estimate of drug-likeness (QED) is 0.781. The number of H-pyrrole nitrogens is 2. The van der Waals surface area contributed by atoms with Crippen molar-refractivity contribution in [3.05, 3.63) is 51.4 Å². The summed E-state index contributed by atoms with van der Waals surface area (Å²) < 4.78 is 40.3. The smallest absolute Gasteiger partial charge is 0.406 e. The fraction of sp³-hybridized carbons (Fsp3) is 0.286. The number of halogens is 3. The minimum Gasteiger partial charge on any atom is -0.406 e. The number of benzene rings is 1. The van der Waals surface area contributed by atoms with Crippen LogP contribution < -0.4 is 16.0 Å². The predicted octanol–water partition coefficient (Wildman–Crippen LogP) is 1.92. The average molecular weight is 329 g/mol. The van der Waals surface area contributed by atoms with Gasteiger partial charge in [0.15, 0.2) is 0 Å². The van der Waals surface area contributed by atoms with Crippen molar-refractivity contribution >= 4 is 5.91 Å². The van der Waals surface area contributed by atoms with Crippen LogP contribution in [0.5, 0.6) is 5.75 Å². The summed E-state index contributed by atoms with van der Waals surface area (Å²) >= 11 is 0. The molecule has 4 N–H and O–H groups in total. The second-order valence-electron chi connectivity index (χ2n) is 4.96. The highest BCUT2D eigenvalue weighted by molar-refractivity contribution is 5.75. The number of rotatable bonds is 5. The fourth-order valence-corrected chi connectivity index (χ4v) is 2.36. The number of ether oxygens (including phenoxy) is 1. The maximum atomic E-state index is 12.2. The number of nitrogens with one attached hydrogen (secondary N) is 2. The molecule has 2 aromatic rings. The number of carbonyl (C=O) groups excluding carboxylic acids is 1. The lowest BCUT2D eigenvalue weighted by Crippen LogP contribution is -2.21. The second kappa shape index (κ2) is 6.19. The van der Waals surface area contributed by atoms with Gasteiger partial charge in [-0.25, -0.2) is 0 Å². The minimum atomic E-state index is -4.79. The van der Waals surface area contributed by atoms with Crippen LogP contribution in [0.1, 0.15) is 29.2 Å². The third-order valence-electron chi connectivity index (χ3n) is 3.28. The Hall–Kier alpha value is -2.71. The molecule has 0 aliphatic heterocycles. The lowest BCUT2D eigenvalue weighted by molar-refractivity contribution is -0.274. The number of primary amides is 1. The van der Waals surface area contributed by atoms with Crippen molar-refractivity contribution in [1.29, 1.82) is 0 Å². The second-order valence-corrected chi connectivity index (χ2v) is 4.96. The predicted molar refractivity (Wildman–Crippen MR) is 74.9 cm³/mol. The fourth-order valence-electron chi connectivity index (χ4n) is 2.36. The third-order valence-corrected chi connectivity index (χ3v) is 3.28. The highest BCUT2D eigenvalue weighted by atomic mass is 19.4. The SMILES string of the molecule is Cc1[nH][nH]c(=O)c1C(CC(N)=O)c1ccc(OC(F)(F)F)cc1. The maximum Gasteiger partial charge on any atom is 0.573 e. The first-order chi connectivity index (χ1) is 10.7. The first kappa shape index (κ1) is 16.7. The molecule has 0 aliphatic rings.